The van der Waals surface area contributed by atoms with Gasteiger partial charge in [0.25, 0.3) is 5.91 Å². The zero-order valence-corrected chi connectivity index (χ0v) is 15.6. The summed E-state index contributed by atoms with van der Waals surface area (Å²) in [6.07, 6.45) is 1.74. The van der Waals surface area contributed by atoms with Crippen molar-refractivity contribution in [3.8, 4) is 0 Å². The van der Waals surface area contributed by atoms with Crippen molar-refractivity contribution in [2.24, 2.45) is 0 Å². The molecule has 0 aliphatic carbocycles. The molecule has 1 N–H and O–H groups in total. The molecule has 2 saturated heterocycles. The van der Waals surface area contributed by atoms with Gasteiger partial charge in [-0.05, 0) is 38.8 Å². The molecule has 2 aliphatic heterocycles. The number of carbonyl (C=O) groups is 1. The fourth-order valence-electron chi connectivity index (χ4n) is 4.21. The van der Waals surface area contributed by atoms with Crippen LogP contribution in [0.25, 0.3) is 11.0 Å². The molecule has 2 aromatic rings. The number of rotatable bonds is 3. The van der Waals surface area contributed by atoms with Crippen molar-refractivity contribution in [3.63, 3.8) is 0 Å². The van der Waals surface area contributed by atoms with Crippen LogP contribution in [0.4, 0.5) is 0 Å². The highest BCUT2D eigenvalue weighted by Gasteiger charge is 2.33. The second-order valence-corrected chi connectivity index (χ2v) is 7.61. The molecule has 6 heteroatoms. The first kappa shape index (κ1) is 17.5. The van der Waals surface area contributed by atoms with Gasteiger partial charge in [-0.3, -0.25) is 4.79 Å². The maximum Gasteiger partial charge on any atom is 0.253 e. The van der Waals surface area contributed by atoms with E-state index in [1.807, 2.05) is 11.0 Å². The largest absolute Gasteiger partial charge is 0.366 e. The lowest BCUT2D eigenvalue weighted by Crippen LogP contribution is -2.51. The first-order chi connectivity index (χ1) is 12.6. The van der Waals surface area contributed by atoms with Crippen LogP contribution in [0.1, 0.15) is 44.5 Å². The smallest absolute Gasteiger partial charge is 0.253 e. The molecule has 2 aliphatic rings. The van der Waals surface area contributed by atoms with Crippen LogP contribution in [-0.2, 0) is 9.53 Å². The fraction of sp³-hybridized carbons (Fsp3) is 0.600. The monoisotopic (exact) mass is 356 g/mol. The molecule has 4 rings (SSSR count). The van der Waals surface area contributed by atoms with Crippen LogP contribution in [0.3, 0.4) is 0 Å². The first-order valence-electron chi connectivity index (χ1n) is 9.73. The molecule has 1 aromatic heterocycles. The molecule has 3 heterocycles. The van der Waals surface area contributed by atoms with Crippen LogP contribution < -0.4 is 5.32 Å². The SMILES string of the molecule is CC(C)n1c([C@@H]2CCCN(C(=O)[C@@H]3CNCCO3)C2)nc2ccccc21. The van der Waals surface area contributed by atoms with Gasteiger partial charge >= 0.3 is 0 Å². The summed E-state index contributed by atoms with van der Waals surface area (Å²) >= 11 is 0. The number of likely N-dealkylation sites (tertiary alicyclic amines) is 1. The average molecular weight is 356 g/mol. The van der Waals surface area contributed by atoms with E-state index in [-0.39, 0.29) is 17.9 Å². The van der Waals surface area contributed by atoms with Gasteiger partial charge in [-0.2, -0.15) is 0 Å². The van der Waals surface area contributed by atoms with Crippen molar-refractivity contribution in [2.45, 2.75) is 44.8 Å². The number of amides is 1. The second-order valence-electron chi connectivity index (χ2n) is 7.61. The Labute approximate surface area is 154 Å². The van der Waals surface area contributed by atoms with Crippen LogP contribution in [0, 0.1) is 0 Å². The molecule has 0 radical (unpaired) electrons. The summed E-state index contributed by atoms with van der Waals surface area (Å²) in [4.78, 5) is 19.8. The number of hydrogen-bond acceptors (Lipinski definition) is 4. The molecule has 1 aromatic carbocycles. The van der Waals surface area contributed by atoms with Crippen LogP contribution in [0.15, 0.2) is 24.3 Å². The Morgan fingerprint density at radius 1 is 1.35 bits per heavy atom. The molecule has 1 amide bonds. The van der Waals surface area contributed by atoms with Gasteiger partial charge in [0.15, 0.2) is 0 Å². The molecule has 0 unspecified atom stereocenters. The van der Waals surface area contributed by atoms with Crippen molar-refractivity contribution in [1.82, 2.24) is 19.8 Å². The number of carbonyl (C=O) groups excluding carboxylic acids is 1. The Morgan fingerprint density at radius 3 is 2.96 bits per heavy atom. The van der Waals surface area contributed by atoms with Crippen molar-refractivity contribution >= 4 is 16.9 Å². The standard InChI is InChI=1S/C20H28N4O2/c1-14(2)24-17-8-4-3-7-16(17)22-19(24)15-6-5-10-23(13-15)20(25)18-12-21-9-11-26-18/h3-4,7-8,14-15,18,21H,5-6,9-13H2,1-2H3/t15-,18+/m1/s1. The maximum absolute atomic E-state index is 12.9. The Balaban J connectivity index is 1.59. The second kappa shape index (κ2) is 7.37. The molecule has 2 atom stereocenters. The minimum atomic E-state index is -0.341. The van der Waals surface area contributed by atoms with Crippen LogP contribution in [-0.4, -0.2) is 59.2 Å². The summed E-state index contributed by atoms with van der Waals surface area (Å²) < 4.78 is 8.01. The van der Waals surface area contributed by atoms with Crippen molar-refractivity contribution in [3.05, 3.63) is 30.1 Å². The predicted molar refractivity (Wildman–Crippen MR) is 101 cm³/mol. The van der Waals surface area contributed by atoms with Crippen molar-refractivity contribution < 1.29 is 9.53 Å². The number of imidazole rings is 1. The van der Waals surface area contributed by atoms with E-state index in [9.17, 15) is 4.79 Å². The Kier molecular flexibility index (Phi) is 4.96. The van der Waals surface area contributed by atoms with E-state index in [2.05, 4.69) is 41.9 Å². The topological polar surface area (TPSA) is 59.4 Å². The Hall–Kier alpha value is -1.92. The fourth-order valence-corrected chi connectivity index (χ4v) is 4.21. The number of morpholine rings is 1. The quantitative estimate of drug-likeness (QED) is 0.917. The van der Waals surface area contributed by atoms with Gasteiger partial charge in [0, 0.05) is 38.1 Å². The molecule has 26 heavy (non-hydrogen) atoms. The van der Waals surface area contributed by atoms with Crippen molar-refractivity contribution in [1.29, 1.82) is 0 Å². The van der Waals surface area contributed by atoms with E-state index in [0.717, 1.165) is 43.8 Å². The Bertz CT molecular complexity index is 779. The molecule has 0 saturated carbocycles. The van der Waals surface area contributed by atoms with E-state index < -0.39 is 0 Å². The number of benzene rings is 1. The minimum Gasteiger partial charge on any atom is -0.366 e. The van der Waals surface area contributed by atoms with Gasteiger partial charge in [-0.25, -0.2) is 4.98 Å². The molecule has 6 nitrogen and oxygen atoms in total. The number of aromatic nitrogens is 2. The summed E-state index contributed by atoms with van der Waals surface area (Å²) in [5.41, 5.74) is 2.22. The van der Waals surface area contributed by atoms with E-state index in [4.69, 9.17) is 9.72 Å². The third kappa shape index (κ3) is 3.23. The average Bonchev–Trinajstić information content (AvgIpc) is 3.08. The van der Waals surface area contributed by atoms with E-state index >= 15 is 0 Å². The van der Waals surface area contributed by atoms with Crippen LogP contribution >= 0.6 is 0 Å². The zero-order valence-electron chi connectivity index (χ0n) is 15.6. The summed E-state index contributed by atoms with van der Waals surface area (Å²) in [6.45, 7) is 7.99. The maximum atomic E-state index is 12.9. The summed E-state index contributed by atoms with van der Waals surface area (Å²) in [5, 5.41) is 3.25. The van der Waals surface area contributed by atoms with E-state index in [1.54, 1.807) is 0 Å². The lowest BCUT2D eigenvalue weighted by atomic mass is 9.96. The third-order valence-corrected chi connectivity index (χ3v) is 5.44. The zero-order chi connectivity index (χ0) is 18.1. The van der Waals surface area contributed by atoms with Crippen LogP contribution in [0.5, 0.6) is 0 Å². The molecular formula is C20H28N4O2. The molecule has 140 valence electrons. The molecule has 0 spiro atoms. The lowest BCUT2D eigenvalue weighted by Gasteiger charge is -2.36. The highest BCUT2D eigenvalue weighted by Crippen LogP contribution is 2.31. The third-order valence-electron chi connectivity index (χ3n) is 5.44. The highest BCUT2D eigenvalue weighted by atomic mass is 16.5. The number of ether oxygens (including phenoxy) is 1. The van der Waals surface area contributed by atoms with Crippen LogP contribution in [0.2, 0.25) is 0 Å². The predicted octanol–water partition coefficient (Wildman–Crippen LogP) is 2.31. The first-order valence-corrected chi connectivity index (χ1v) is 9.73. The molecule has 0 bridgehead atoms. The number of nitrogens with one attached hydrogen (secondary N) is 1. The van der Waals surface area contributed by atoms with Gasteiger partial charge < -0.3 is 19.5 Å². The normalized spacial score (nSPS) is 24.3. The lowest BCUT2D eigenvalue weighted by molar-refractivity contribution is -0.146. The molecule has 2 fully saturated rings. The van der Waals surface area contributed by atoms with E-state index in [1.165, 1.54) is 5.52 Å². The summed E-state index contributed by atoms with van der Waals surface area (Å²) in [7, 11) is 0. The summed E-state index contributed by atoms with van der Waals surface area (Å²) in [6, 6.07) is 8.66. The highest BCUT2D eigenvalue weighted by molar-refractivity contribution is 5.81. The van der Waals surface area contributed by atoms with Gasteiger partial charge in [0.1, 0.15) is 11.9 Å². The summed E-state index contributed by atoms with van der Waals surface area (Å²) in [5.74, 6) is 1.51. The minimum absolute atomic E-state index is 0.120. The van der Waals surface area contributed by atoms with Gasteiger partial charge in [0.05, 0.1) is 17.6 Å². The Morgan fingerprint density at radius 2 is 2.19 bits per heavy atom. The van der Waals surface area contributed by atoms with Crippen molar-refractivity contribution in [2.75, 3.05) is 32.8 Å². The number of hydrogen-bond donors (Lipinski definition) is 1. The number of fused-ring (bicyclic) bond motifs is 1. The van der Waals surface area contributed by atoms with Gasteiger partial charge in [-0.1, -0.05) is 12.1 Å². The number of para-hydroxylation sites is 2. The van der Waals surface area contributed by atoms with E-state index in [0.29, 0.717) is 19.2 Å². The number of piperidine rings is 1. The number of nitrogens with zero attached hydrogens (tertiary/aromatic N) is 3. The van der Waals surface area contributed by atoms with Gasteiger partial charge in [-0.15, -0.1) is 0 Å². The van der Waals surface area contributed by atoms with Gasteiger partial charge in [0.2, 0.25) is 0 Å². The molecular weight excluding hydrogens is 328 g/mol.